The van der Waals surface area contributed by atoms with Gasteiger partial charge in [-0.25, -0.2) is 4.79 Å². The van der Waals surface area contributed by atoms with E-state index in [2.05, 4.69) is 10.6 Å². The number of amides is 2. The van der Waals surface area contributed by atoms with Crippen molar-refractivity contribution < 1.29 is 14.3 Å². The Hall–Kier alpha value is -1.30. The van der Waals surface area contributed by atoms with E-state index in [0.717, 1.165) is 13.0 Å². The lowest BCUT2D eigenvalue weighted by Gasteiger charge is -2.38. The Balaban J connectivity index is 2.81. The Bertz CT molecular complexity index is 342. The van der Waals surface area contributed by atoms with Crippen molar-refractivity contribution in [2.24, 2.45) is 0 Å². The van der Waals surface area contributed by atoms with Crippen molar-refractivity contribution in [2.75, 3.05) is 27.2 Å². The molecule has 1 heterocycles. The summed E-state index contributed by atoms with van der Waals surface area (Å²) in [5, 5.41) is 5.92. The van der Waals surface area contributed by atoms with Crippen LogP contribution in [0.4, 0.5) is 4.79 Å². The van der Waals surface area contributed by atoms with Crippen LogP contribution in [-0.2, 0) is 9.53 Å². The SMILES string of the molecule is CN(C)C(=O)C1(NC(=O)OC(C)(C)C)CCCNC1. The normalized spacial score (nSPS) is 23.6. The summed E-state index contributed by atoms with van der Waals surface area (Å²) in [5.74, 6) is -0.106. The molecule has 2 amide bonds. The van der Waals surface area contributed by atoms with E-state index in [0.29, 0.717) is 13.0 Å². The van der Waals surface area contributed by atoms with E-state index >= 15 is 0 Å². The van der Waals surface area contributed by atoms with Crippen LogP contribution >= 0.6 is 0 Å². The minimum Gasteiger partial charge on any atom is -0.444 e. The number of hydrogen-bond donors (Lipinski definition) is 2. The molecule has 0 aromatic heterocycles. The smallest absolute Gasteiger partial charge is 0.408 e. The number of hydrogen-bond acceptors (Lipinski definition) is 4. The number of likely N-dealkylation sites (N-methyl/N-ethyl adjacent to an activating group) is 1. The minimum atomic E-state index is -0.899. The van der Waals surface area contributed by atoms with Crippen molar-refractivity contribution in [2.45, 2.75) is 44.8 Å². The van der Waals surface area contributed by atoms with Crippen LogP contribution in [-0.4, -0.2) is 55.2 Å². The van der Waals surface area contributed by atoms with Gasteiger partial charge in [-0.3, -0.25) is 4.79 Å². The van der Waals surface area contributed by atoms with Crippen LogP contribution in [0.15, 0.2) is 0 Å². The van der Waals surface area contributed by atoms with Gasteiger partial charge in [-0.1, -0.05) is 0 Å². The highest BCUT2D eigenvalue weighted by Crippen LogP contribution is 2.19. The van der Waals surface area contributed by atoms with E-state index in [1.165, 1.54) is 4.90 Å². The van der Waals surface area contributed by atoms with Gasteiger partial charge in [0.05, 0.1) is 0 Å². The molecule has 0 aromatic carbocycles. The molecule has 0 radical (unpaired) electrons. The average molecular weight is 271 g/mol. The van der Waals surface area contributed by atoms with Crippen molar-refractivity contribution in [3.05, 3.63) is 0 Å². The summed E-state index contributed by atoms with van der Waals surface area (Å²) in [5.41, 5.74) is -1.47. The van der Waals surface area contributed by atoms with Gasteiger partial charge in [-0.05, 0) is 40.2 Å². The molecule has 0 spiro atoms. The van der Waals surface area contributed by atoms with Gasteiger partial charge in [0, 0.05) is 20.6 Å². The van der Waals surface area contributed by atoms with E-state index in [9.17, 15) is 9.59 Å². The lowest BCUT2D eigenvalue weighted by molar-refractivity contribution is -0.136. The van der Waals surface area contributed by atoms with Gasteiger partial charge < -0.3 is 20.3 Å². The number of nitrogens with zero attached hydrogens (tertiary/aromatic N) is 1. The number of piperidine rings is 1. The van der Waals surface area contributed by atoms with Gasteiger partial charge in [-0.2, -0.15) is 0 Å². The van der Waals surface area contributed by atoms with Crippen LogP contribution in [0.3, 0.4) is 0 Å². The van der Waals surface area contributed by atoms with Gasteiger partial charge >= 0.3 is 6.09 Å². The Morgan fingerprint density at radius 1 is 1.32 bits per heavy atom. The quantitative estimate of drug-likeness (QED) is 0.776. The molecule has 110 valence electrons. The maximum Gasteiger partial charge on any atom is 0.408 e. The highest BCUT2D eigenvalue weighted by molar-refractivity contribution is 5.90. The van der Waals surface area contributed by atoms with Gasteiger partial charge in [0.15, 0.2) is 0 Å². The first-order valence-electron chi connectivity index (χ1n) is 6.60. The first kappa shape index (κ1) is 15.8. The number of carbonyl (C=O) groups is 2. The molecule has 6 heteroatoms. The van der Waals surface area contributed by atoms with Gasteiger partial charge in [0.2, 0.25) is 5.91 Å². The highest BCUT2D eigenvalue weighted by Gasteiger charge is 2.42. The Morgan fingerprint density at radius 3 is 2.37 bits per heavy atom. The first-order chi connectivity index (χ1) is 8.66. The van der Waals surface area contributed by atoms with Gasteiger partial charge in [0.25, 0.3) is 0 Å². The molecule has 2 N–H and O–H groups in total. The van der Waals surface area contributed by atoms with E-state index in [1.807, 2.05) is 0 Å². The summed E-state index contributed by atoms with van der Waals surface area (Å²) >= 11 is 0. The van der Waals surface area contributed by atoms with Crippen molar-refractivity contribution in [3.8, 4) is 0 Å². The number of ether oxygens (including phenoxy) is 1. The van der Waals surface area contributed by atoms with Crippen molar-refractivity contribution in [1.82, 2.24) is 15.5 Å². The molecule has 1 aliphatic rings. The summed E-state index contributed by atoms with van der Waals surface area (Å²) in [6.45, 7) is 6.69. The molecule has 1 atom stereocenters. The van der Waals surface area contributed by atoms with Gasteiger partial charge in [0.1, 0.15) is 11.1 Å². The second-order valence-electron chi connectivity index (χ2n) is 6.19. The fourth-order valence-corrected chi connectivity index (χ4v) is 2.18. The molecule has 1 rings (SSSR count). The second kappa shape index (κ2) is 5.77. The van der Waals surface area contributed by atoms with Crippen LogP contribution in [0.25, 0.3) is 0 Å². The first-order valence-corrected chi connectivity index (χ1v) is 6.60. The highest BCUT2D eigenvalue weighted by atomic mass is 16.6. The standard InChI is InChI=1S/C13H25N3O3/c1-12(2,3)19-11(18)15-13(10(17)16(4)5)7-6-8-14-9-13/h14H,6-9H2,1-5H3,(H,15,18). The van der Waals surface area contributed by atoms with Crippen molar-refractivity contribution >= 4 is 12.0 Å². The summed E-state index contributed by atoms with van der Waals surface area (Å²) < 4.78 is 5.25. The zero-order chi connectivity index (χ0) is 14.7. The van der Waals surface area contributed by atoms with Crippen LogP contribution in [0.5, 0.6) is 0 Å². The molecular weight excluding hydrogens is 246 g/mol. The lowest BCUT2D eigenvalue weighted by Crippen LogP contribution is -2.65. The minimum absolute atomic E-state index is 0.106. The Labute approximate surface area is 114 Å². The predicted octanol–water partition coefficient (Wildman–Crippen LogP) is 0.722. The predicted molar refractivity (Wildman–Crippen MR) is 72.9 cm³/mol. The topological polar surface area (TPSA) is 70.7 Å². The van der Waals surface area contributed by atoms with Crippen LogP contribution in [0, 0.1) is 0 Å². The number of nitrogens with one attached hydrogen (secondary N) is 2. The van der Waals surface area contributed by atoms with E-state index < -0.39 is 17.2 Å². The van der Waals surface area contributed by atoms with Crippen LogP contribution in [0.1, 0.15) is 33.6 Å². The maximum absolute atomic E-state index is 12.3. The molecule has 1 fully saturated rings. The molecular formula is C13H25N3O3. The van der Waals surface area contributed by atoms with E-state index in [-0.39, 0.29) is 5.91 Å². The second-order valence-corrected chi connectivity index (χ2v) is 6.19. The summed E-state index contributed by atoms with van der Waals surface area (Å²) in [6, 6.07) is 0. The molecule has 0 saturated carbocycles. The zero-order valence-corrected chi connectivity index (χ0v) is 12.5. The number of rotatable bonds is 2. The average Bonchev–Trinajstić information content (AvgIpc) is 2.26. The molecule has 1 saturated heterocycles. The third-order valence-electron chi connectivity index (χ3n) is 2.94. The Morgan fingerprint density at radius 2 is 1.95 bits per heavy atom. The number of carbonyl (C=O) groups excluding carboxylic acids is 2. The monoisotopic (exact) mass is 271 g/mol. The third kappa shape index (κ3) is 4.38. The van der Waals surface area contributed by atoms with Gasteiger partial charge in [-0.15, -0.1) is 0 Å². The summed E-state index contributed by atoms with van der Waals surface area (Å²) in [6.07, 6.45) is 0.914. The van der Waals surface area contributed by atoms with Crippen LogP contribution in [0.2, 0.25) is 0 Å². The van der Waals surface area contributed by atoms with Crippen molar-refractivity contribution in [1.29, 1.82) is 0 Å². The fraction of sp³-hybridized carbons (Fsp3) is 0.846. The Kier molecular flexibility index (Phi) is 4.79. The fourth-order valence-electron chi connectivity index (χ4n) is 2.18. The molecule has 1 unspecified atom stereocenters. The molecule has 19 heavy (non-hydrogen) atoms. The maximum atomic E-state index is 12.3. The molecule has 1 aliphatic heterocycles. The zero-order valence-electron chi connectivity index (χ0n) is 12.5. The molecule has 6 nitrogen and oxygen atoms in total. The van der Waals surface area contributed by atoms with E-state index in [4.69, 9.17) is 4.74 Å². The number of alkyl carbamates (subject to hydrolysis) is 1. The van der Waals surface area contributed by atoms with Crippen LogP contribution < -0.4 is 10.6 Å². The van der Waals surface area contributed by atoms with E-state index in [1.54, 1.807) is 34.9 Å². The third-order valence-corrected chi connectivity index (χ3v) is 2.94. The molecule has 0 bridgehead atoms. The largest absolute Gasteiger partial charge is 0.444 e. The molecule has 0 aromatic rings. The molecule has 0 aliphatic carbocycles. The van der Waals surface area contributed by atoms with Crippen molar-refractivity contribution in [3.63, 3.8) is 0 Å². The lowest BCUT2D eigenvalue weighted by atomic mass is 9.89. The summed E-state index contributed by atoms with van der Waals surface area (Å²) in [4.78, 5) is 25.8. The summed E-state index contributed by atoms with van der Waals surface area (Å²) in [7, 11) is 3.38.